The van der Waals surface area contributed by atoms with Crippen LogP contribution in [0.2, 0.25) is 0 Å². The molecule has 0 aliphatic heterocycles. The number of hydrogen-bond donors (Lipinski definition) is 0. The zero-order valence-electron chi connectivity index (χ0n) is 26.2. The standard InChI is InChI=1S/C44H40/c1-31-5-17-39(18-6-31)43(40-19-7-32(2)8-20-40)29-35-13-25-37(26-14-35)38-27-15-36(16-28-38)30-44(41-21-9-33(3)10-22-41)42-23-11-34(4)12-24-42/h5-29,44H,30H2,1-4H3. The van der Waals surface area contributed by atoms with Gasteiger partial charge in [-0.05, 0) is 90.3 Å². The molecule has 0 aromatic heterocycles. The van der Waals surface area contributed by atoms with Crippen molar-refractivity contribution >= 4 is 11.6 Å². The van der Waals surface area contributed by atoms with Crippen LogP contribution in [0.1, 0.15) is 61.6 Å². The van der Waals surface area contributed by atoms with Gasteiger partial charge < -0.3 is 0 Å². The zero-order chi connectivity index (χ0) is 30.5. The molecule has 6 aromatic rings. The van der Waals surface area contributed by atoms with Crippen molar-refractivity contribution in [3.05, 3.63) is 201 Å². The van der Waals surface area contributed by atoms with E-state index in [1.54, 1.807) is 0 Å². The molecular weight excluding hydrogens is 528 g/mol. The summed E-state index contributed by atoms with van der Waals surface area (Å²) in [7, 11) is 0. The molecule has 0 nitrogen and oxygen atoms in total. The highest BCUT2D eigenvalue weighted by Gasteiger charge is 2.15. The van der Waals surface area contributed by atoms with Crippen LogP contribution in [0.5, 0.6) is 0 Å². The Balaban J connectivity index is 1.24. The van der Waals surface area contributed by atoms with Crippen LogP contribution < -0.4 is 0 Å². The normalized spacial score (nSPS) is 11.0. The Morgan fingerprint density at radius 1 is 0.432 bits per heavy atom. The molecule has 0 saturated heterocycles. The second-order valence-corrected chi connectivity index (χ2v) is 12.2. The van der Waals surface area contributed by atoms with Crippen molar-refractivity contribution in [2.45, 2.75) is 40.0 Å². The second-order valence-electron chi connectivity index (χ2n) is 12.2. The monoisotopic (exact) mass is 568 g/mol. The summed E-state index contributed by atoms with van der Waals surface area (Å²) in [5, 5.41) is 0. The maximum absolute atomic E-state index is 2.30. The van der Waals surface area contributed by atoms with Gasteiger partial charge in [0.1, 0.15) is 0 Å². The van der Waals surface area contributed by atoms with Crippen molar-refractivity contribution in [3.8, 4) is 11.1 Å². The highest BCUT2D eigenvalue weighted by Crippen LogP contribution is 2.31. The number of hydrogen-bond acceptors (Lipinski definition) is 0. The van der Waals surface area contributed by atoms with E-state index < -0.39 is 0 Å². The van der Waals surface area contributed by atoms with Gasteiger partial charge in [0.15, 0.2) is 0 Å². The Hall–Kier alpha value is -4.94. The smallest absolute Gasteiger partial charge is 0.0130 e. The molecule has 0 unspecified atom stereocenters. The predicted octanol–water partition coefficient (Wildman–Crippen LogP) is 11.6. The Bertz CT molecular complexity index is 1740. The lowest BCUT2D eigenvalue weighted by Gasteiger charge is -2.19. The average molecular weight is 569 g/mol. The highest BCUT2D eigenvalue weighted by atomic mass is 14.2. The van der Waals surface area contributed by atoms with Crippen LogP contribution in [0, 0.1) is 27.7 Å². The van der Waals surface area contributed by atoms with E-state index in [2.05, 4.69) is 179 Å². The maximum Gasteiger partial charge on any atom is 0.0130 e. The molecule has 0 saturated carbocycles. The van der Waals surface area contributed by atoms with E-state index in [-0.39, 0.29) is 0 Å². The van der Waals surface area contributed by atoms with E-state index in [4.69, 9.17) is 0 Å². The minimum Gasteiger partial charge on any atom is -0.0590 e. The van der Waals surface area contributed by atoms with Gasteiger partial charge >= 0.3 is 0 Å². The largest absolute Gasteiger partial charge is 0.0590 e. The van der Waals surface area contributed by atoms with E-state index in [1.165, 1.54) is 72.3 Å². The molecule has 0 bridgehead atoms. The van der Waals surface area contributed by atoms with E-state index in [1.807, 2.05) is 0 Å². The SMILES string of the molecule is Cc1ccc(C(=Cc2ccc(-c3ccc(CC(c4ccc(C)cc4)c4ccc(C)cc4)cc3)cc2)c2ccc(C)cc2)cc1. The van der Waals surface area contributed by atoms with Crippen molar-refractivity contribution in [1.29, 1.82) is 0 Å². The molecule has 0 amide bonds. The quantitative estimate of drug-likeness (QED) is 0.160. The van der Waals surface area contributed by atoms with Gasteiger partial charge in [0.2, 0.25) is 0 Å². The molecule has 0 N–H and O–H groups in total. The molecule has 0 spiro atoms. The molecule has 0 heteroatoms. The minimum absolute atomic E-state index is 0.323. The van der Waals surface area contributed by atoms with Gasteiger partial charge in [-0.15, -0.1) is 0 Å². The van der Waals surface area contributed by atoms with Crippen LogP contribution >= 0.6 is 0 Å². The molecule has 44 heavy (non-hydrogen) atoms. The summed E-state index contributed by atoms with van der Waals surface area (Å²) in [4.78, 5) is 0. The molecule has 6 aromatic carbocycles. The topological polar surface area (TPSA) is 0 Å². The molecule has 0 radical (unpaired) electrons. The van der Waals surface area contributed by atoms with Crippen molar-refractivity contribution in [3.63, 3.8) is 0 Å². The van der Waals surface area contributed by atoms with Crippen molar-refractivity contribution in [1.82, 2.24) is 0 Å². The molecule has 6 rings (SSSR count). The fourth-order valence-electron chi connectivity index (χ4n) is 5.83. The van der Waals surface area contributed by atoms with Crippen LogP contribution in [0.15, 0.2) is 146 Å². The van der Waals surface area contributed by atoms with Crippen molar-refractivity contribution < 1.29 is 0 Å². The Morgan fingerprint density at radius 2 is 0.795 bits per heavy atom. The third-order valence-electron chi connectivity index (χ3n) is 8.63. The molecular formula is C44H40. The number of rotatable bonds is 8. The third-order valence-corrected chi connectivity index (χ3v) is 8.63. The molecule has 0 aliphatic rings. The summed E-state index contributed by atoms with van der Waals surface area (Å²) in [6.45, 7) is 8.58. The van der Waals surface area contributed by atoms with Crippen LogP contribution in [-0.4, -0.2) is 0 Å². The summed E-state index contributed by atoms with van der Waals surface area (Å²) in [5.41, 5.74) is 16.6. The summed E-state index contributed by atoms with van der Waals surface area (Å²) >= 11 is 0. The van der Waals surface area contributed by atoms with E-state index in [9.17, 15) is 0 Å². The first-order valence-electron chi connectivity index (χ1n) is 15.6. The van der Waals surface area contributed by atoms with Gasteiger partial charge in [-0.1, -0.05) is 168 Å². The Labute approximate surface area is 263 Å². The van der Waals surface area contributed by atoms with Crippen LogP contribution in [0.4, 0.5) is 0 Å². The predicted molar refractivity (Wildman–Crippen MR) is 189 cm³/mol. The van der Waals surface area contributed by atoms with Gasteiger partial charge in [0.25, 0.3) is 0 Å². The molecule has 0 fully saturated rings. The summed E-state index contributed by atoms with van der Waals surface area (Å²) in [6.07, 6.45) is 3.27. The molecule has 0 atom stereocenters. The van der Waals surface area contributed by atoms with Crippen LogP contribution in [0.3, 0.4) is 0 Å². The van der Waals surface area contributed by atoms with E-state index >= 15 is 0 Å². The van der Waals surface area contributed by atoms with Gasteiger partial charge in [-0.25, -0.2) is 0 Å². The average Bonchev–Trinajstić information content (AvgIpc) is 3.05. The lowest BCUT2D eigenvalue weighted by atomic mass is 9.85. The lowest BCUT2D eigenvalue weighted by Crippen LogP contribution is -2.05. The van der Waals surface area contributed by atoms with Gasteiger partial charge in [0.05, 0.1) is 0 Å². The number of benzene rings is 6. The second kappa shape index (κ2) is 13.1. The minimum atomic E-state index is 0.323. The van der Waals surface area contributed by atoms with Gasteiger partial charge in [0, 0.05) is 5.92 Å². The van der Waals surface area contributed by atoms with E-state index in [0.29, 0.717) is 5.92 Å². The third kappa shape index (κ3) is 6.99. The first-order chi connectivity index (χ1) is 21.4. The summed E-state index contributed by atoms with van der Waals surface area (Å²) in [6, 6.07) is 53.8. The summed E-state index contributed by atoms with van der Waals surface area (Å²) in [5.74, 6) is 0.323. The first-order valence-corrected chi connectivity index (χ1v) is 15.6. The first kappa shape index (κ1) is 29.1. The fourth-order valence-corrected chi connectivity index (χ4v) is 5.83. The van der Waals surface area contributed by atoms with Gasteiger partial charge in [-0.2, -0.15) is 0 Å². The molecule has 0 aliphatic carbocycles. The van der Waals surface area contributed by atoms with Crippen molar-refractivity contribution in [2.75, 3.05) is 0 Å². The van der Waals surface area contributed by atoms with Gasteiger partial charge in [-0.3, -0.25) is 0 Å². The zero-order valence-corrected chi connectivity index (χ0v) is 26.2. The molecule has 216 valence electrons. The highest BCUT2D eigenvalue weighted by molar-refractivity contribution is 5.91. The fraction of sp³-hybridized carbons (Fsp3) is 0.136. The summed E-state index contributed by atoms with van der Waals surface area (Å²) < 4.78 is 0. The van der Waals surface area contributed by atoms with Crippen LogP contribution in [-0.2, 0) is 6.42 Å². The van der Waals surface area contributed by atoms with Crippen molar-refractivity contribution in [2.24, 2.45) is 0 Å². The Morgan fingerprint density at radius 3 is 1.20 bits per heavy atom. The lowest BCUT2D eigenvalue weighted by molar-refractivity contribution is 0.804. The Kier molecular flexibility index (Phi) is 8.71. The molecule has 0 heterocycles. The maximum atomic E-state index is 2.30. The van der Waals surface area contributed by atoms with Crippen LogP contribution in [0.25, 0.3) is 22.8 Å². The van der Waals surface area contributed by atoms with E-state index in [0.717, 1.165) is 6.42 Å². The number of aryl methyl sites for hydroxylation is 4.